The molecule has 0 spiro atoms. The minimum atomic E-state index is -0.427. The molecule has 3 fully saturated rings. The third-order valence-electron chi connectivity index (χ3n) is 6.72. The van der Waals surface area contributed by atoms with Crippen molar-refractivity contribution in [3.63, 3.8) is 0 Å². The predicted molar refractivity (Wildman–Crippen MR) is 110 cm³/mol. The van der Waals surface area contributed by atoms with Gasteiger partial charge in [0.05, 0.1) is 17.8 Å². The van der Waals surface area contributed by atoms with Crippen LogP contribution in [0.3, 0.4) is 0 Å². The summed E-state index contributed by atoms with van der Waals surface area (Å²) in [6.45, 7) is 11.2. The van der Waals surface area contributed by atoms with Crippen LogP contribution in [-0.4, -0.2) is 76.6 Å². The summed E-state index contributed by atoms with van der Waals surface area (Å²) in [6, 6.07) is 1.01. The Kier molecular flexibility index (Phi) is 5.42. The average Bonchev–Trinajstić information content (AvgIpc) is 3.34. The van der Waals surface area contributed by atoms with Gasteiger partial charge in [-0.3, -0.25) is 4.90 Å². The first kappa shape index (κ1) is 20.1. The number of likely N-dealkylation sites (tertiary alicyclic amines) is 1. The Labute approximate surface area is 168 Å². The maximum atomic E-state index is 9.32. The van der Waals surface area contributed by atoms with Gasteiger partial charge in [-0.25, -0.2) is 9.97 Å². The number of rotatable bonds is 7. The Morgan fingerprint density at radius 2 is 1.79 bits per heavy atom. The highest BCUT2D eigenvalue weighted by Crippen LogP contribution is 2.36. The molecule has 4 rings (SSSR count). The van der Waals surface area contributed by atoms with Gasteiger partial charge >= 0.3 is 7.12 Å². The number of anilines is 1. The zero-order valence-electron chi connectivity index (χ0n) is 17.6. The molecule has 0 aromatic carbocycles. The lowest BCUT2D eigenvalue weighted by Gasteiger charge is -2.32. The van der Waals surface area contributed by atoms with Crippen molar-refractivity contribution in [1.82, 2.24) is 14.9 Å². The van der Waals surface area contributed by atoms with Gasteiger partial charge in [0.15, 0.2) is 0 Å². The third-order valence-corrected chi connectivity index (χ3v) is 6.72. The van der Waals surface area contributed by atoms with Crippen molar-refractivity contribution in [3.8, 4) is 0 Å². The van der Waals surface area contributed by atoms with Crippen molar-refractivity contribution >= 4 is 18.5 Å². The van der Waals surface area contributed by atoms with E-state index < -0.39 is 7.12 Å². The Bertz CT molecular complexity index is 665. The largest absolute Gasteiger partial charge is 0.498 e. The molecular weight excluding hydrogens is 355 g/mol. The van der Waals surface area contributed by atoms with Crippen LogP contribution in [0.4, 0.5) is 5.95 Å². The van der Waals surface area contributed by atoms with Gasteiger partial charge in [0, 0.05) is 43.0 Å². The lowest BCUT2D eigenvalue weighted by molar-refractivity contribution is 0.00578. The van der Waals surface area contributed by atoms with Crippen molar-refractivity contribution in [2.24, 2.45) is 0 Å². The van der Waals surface area contributed by atoms with E-state index >= 15 is 0 Å². The van der Waals surface area contributed by atoms with Crippen LogP contribution in [0.5, 0.6) is 0 Å². The first-order valence-electron chi connectivity index (χ1n) is 10.6. The summed E-state index contributed by atoms with van der Waals surface area (Å²) in [4.78, 5) is 14.1. The summed E-state index contributed by atoms with van der Waals surface area (Å²) in [5.74, 6) is 0.790. The number of hydrogen-bond donors (Lipinski definition) is 1. The maximum Gasteiger partial charge on any atom is 0.498 e. The molecule has 1 aromatic heterocycles. The van der Waals surface area contributed by atoms with E-state index in [-0.39, 0.29) is 17.8 Å². The van der Waals surface area contributed by atoms with E-state index in [1.807, 2.05) is 12.4 Å². The number of hydrogen-bond acceptors (Lipinski definition) is 7. The summed E-state index contributed by atoms with van der Waals surface area (Å²) in [6.07, 6.45) is 8.48. The van der Waals surface area contributed by atoms with Crippen LogP contribution in [0.2, 0.25) is 0 Å². The molecule has 3 aliphatic rings. The maximum absolute atomic E-state index is 9.32. The van der Waals surface area contributed by atoms with Crippen LogP contribution < -0.4 is 10.4 Å². The standard InChI is InChI=1S/C20H33BN4O3/c1-19(2)20(3,4)28-21(27-19)15-12-22-18(23-13-15)25(16-7-8-16)14-17-6-5-9-24(17)10-11-26/h12-13,16-17,26H,5-11,14H2,1-4H3/t17-/m1/s1. The Hall–Kier alpha value is -1.22. The summed E-state index contributed by atoms with van der Waals surface area (Å²) >= 11 is 0. The molecule has 2 aliphatic heterocycles. The average molecular weight is 388 g/mol. The highest BCUT2D eigenvalue weighted by molar-refractivity contribution is 6.61. The monoisotopic (exact) mass is 388 g/mol. The summed E-state index contributed by atoms with van der Waals surface area (Å²) < 4.78 is 12.2. The van der Waals surface area contributed by atoms with Gasteiger partial charge < -0.3 is 19.3 Å². The molecule has 0 bridgehead atoms. The molecule has 154 valence electrons. The fourth-order valence-electron chi connectivity index (χ4n) is 4.11. The molecule has 1 atom stereocenters. The van der Waals surface area contributed by atoms with Gasteiger partial charge in [-0.2, -0.15) is 0 Å². The normalized spacial score (nSPS) is 26.8. The smallest absolute Gasteiger partial charge is 0.399 e. The first-order valence-corrected chi connectivity index (χ1v) is 10.6. The molecule has 7 nitrogen and oxygen atoms in total. The molecule has 8 heteroatoms. The fourth-order valence-corrected chi connectivity index (χ4v) is 4.11. The molecule has 0 unspecified atom stereocenters. The molecule has 2 saturated heterocycles. The number of aromatic nitrogens is 2. The third kappa shape index (κ3) is 3.92. The highest BCUT2D eigenvalue weighted by Gasteiger charge is 2.52. The Morgan fingerprint density at radius 3 is 2.36 bits per heavy atom. The molecule has 1 N–H and O–H groups in total. The zero-order chi connectivity index (χ0) is 19.9. The molecule has 28 heavy (non-hydrogen) atoms. The van der Waals surface area contributed by atoms with E-state index in [1.165, 1.54) is 25.7 Å². The first-order chi connectivity index (χ1) is 13.3. The van der Waals surface area contributed by atoms with Crippen LogP contribution in [-0.2, 0) is 9.31 Å². The van der Waals surface area contributed by atoms with Crippen LogP contribution in [0, 0.1) is 0 Å². The summed E-state index contributed by atoms with van der Waals surface area (Å²) in [7, 11) is -0.427. The van der Waals surface area contributed by atoms with E-state index in [9.17, 15) is 5.11 Å². The van der Waals surface area contributed by atoms with Gasteiger partial charge in [0.2, 0.25) is 5.95 Å². The van der Waals surface area contributed by atoms with E-state index in [0.29, 0.717) is 12.1 Å². The highest BCUT2D eigenvalue weighted by atomic mass is 16.7. The molecule has 1 aromatic rings. The van der Waals surface area contributed by atoms with Gasteiger partial charge in [0.1, 0.15) is 0 Å². The number of aliphatic hydroxyl groups is 1. The van der Waals surface area contributed by atoms with Crippen molar-refractivity contribution in [3.05, 3.63) is 12.4 Å². The minimum Gasteiger partial charge on any atom is -0.399 e. The second kappa shape index (κ2) is 7.56. The Balaban J connectivity index is 1.46. The lowest BCUT2D eigenvalue weighted by Crippen LogP contribution is -2.43. The predicted octanol–water partition coefficient (Wildman–Crippen LogP) is 1.20. The quantitative estimate of drug-likeness (QED) is 0.704. The van der Waals surface area contributed by atoms with E-state index in [0.717, 1.165) is 31.0 Å². The van der Waals surface area contributed by atoms with Crippen LogP contribution >= 0.6 is 0 Å². The van der Waals surface area contributed by atoms with Crippen molar-refractivity contribution in [2.45, 2.75) is 76.7 Å². The van der Waals surface area contributed by atoms with Crippen LogP contribution in [0.1, 0.15) is 53.4 Å². The van der Waals surface area contributed by atoms with E-state index in [4.69, 9.17) is 9.31 Å². The van der Waals surface area contributed by atoms with Gasteiger partial charge in [0.25, 0.3) is 0 Å². The van der Waals surface area contributed by atoms with Crippen molar-refractivity contribution in [1.29, 1.82) is 0 Å². The SMILES string of the molecule is CC1(C)OB(c2cnc(N(C[C@H]3CCCN3CCO)C3CC3)nc2)OC1(C)C. The second-order valence-electron chi connectivity index (χ2n) is 9.34. The zero-order valence-corrected chi connectivity index (χ0v) is 17.6. The van der Waals surface area contributed by atoms with Gasteiger partial charge in [-0.05, 0) is 59.9 Å². The summed E-state index contributed by atoms with van der Waals surface area (Å²) in [5.41, 5.74) is 0.130. The van der Waals surface area contributed by atoms with Gasteiger partial charge in [-0.1, -0.05) is 0 Å². The fraction of sp³-hybridized carbons (Fsp3) is 0.800. The van der Waals surface area contributed by atoms with Crippen molar-refractivity contribution in [2.75, 3.05) is 31.1 Å². The van der Waals surface area contributed by atoms with Crippen LogP contribution in [0.25, 0.3) is 0 Å². The molecule has 3 heterocycles. The number of aliphatic hydroxyl groups excluding tert-OH is 1. The van der Waals surface area contributed by atoms with Crippen LogP contribution in [0.15, 0.2) is 12.4 Å². The lowest BCUT2D eigenvalue weighted by atomic mass is 9.81. The molecule has 1 aliphatic carbocycles. The molecule has 0 amide bonds. The summed E-state index contributed by atoms with van der Waals surface area (Å²) in [5, 5.41) is 9.32. The molecule has 0 radical (unpaired) electrons. The topological polar surface area (TPSA) is 71.0 Å². The molecule has 1 saturated carbocycles. The number of nitrogens with zero attached hydrogens (tertiary/aromatic N) is 4. The number of β-amino-alcohol motifs (C(OH)–C–C–N with tert-alkyl or cyclic N) is 1. The van der Waals surface area contributed by atoms with E-state index in [1.54, 1.807) is 0 Å². The van der Waals surface area contributed by atoms with Gasteiger partial charge in [-0.15, -0.1) is 0 Å². The minimum absolute atomic E-state index is 0.221. The molecular formula is C20H33BN4O3. The van der Waals surface area contributed by atoms with Crippen molar-refractivity contribution < 1.29 is 14.4 Å². The second-order valence-corrected chi connectivity index (χ2v) is 9.34. The van der Waals surface area contributed by atoms with E-state index in [2.05, 4.69) is 47.5 Å². The Morgan fingerprint density at radius 1 is 1.14 bits per heavy atom.